The first-order chi connectivity index (χ1) is 12.7. The molecule has 3 aromatic rings. The fourth-order valence-corrected chi connectivity index (χ4v) is 3.78. The highest BCUT2D eigenvalue weighted by Gasteiger charge is 2.39. The van der Waals surface area contributed by atoms with Gasteiger partial charge in [0.05, 0.1) is 16.9 Å². The number of aromatic amines is 1. The molecule has 1 fully saturated rings. The van der Waals surface area contributed by atoms with E-state index in [1.54, 1.807) is 9.25 Å². The summed E-state index contributed by atoms with van der Waals surface area (Å²) in [5, 5.41) is 22.7. The summed E-state index contributed by atoms with van der Waals surface area (Å²) < 4.78 is 3.43. The van der Waals surface area contributed by atoms with Gasteiger partial charge in [0, 0.05) is 24.8 Å². The molecule has 8 heteroatoms. The summed E-state index contributed by atoms with van der Waals surface area (Å²) in [4.78, 5) is 13.0. The predicted octanol–water partition coefficient (Wildman–Crippen LogP) is 2.30. The molecule has 27 heavy (non-hydrogen) atoms. The summed E-state index contributed by atoms with van der Waals surface area (Å²) in [6, 6.07) is 1.90. The van der Waals surface area contributed by atoms with Gasteiger partial charge in [-0.3, -0.25) is 14.6 Å². The molecule has 4 rings (SSSR count). The van der Waals surface area contributed by atoms with Crippen LogP contribution in [0.5, 0.6) is 0 Å². The van der Waals surface area contributed by atoms with E-state index in [2.05, 4.69) is 29.1 Å². The van der Waals surface area contributed by atoms with Crippen LogP contribution in [-0.2, 0) is 12.6 Å². The van der Waals surface area contributed by atoms with Crippen molar-refractivity contribution in [2.45, 2.75) is 51.7 Å². The minimum absolute atomic E-state index is 0.00560. The van der Waals surface area contributed by atoms with Crippen LogP contribution in [0.1, 0.15) is 51.8 Å². The first-order valence-corrected chi connectivity index (χ1v) is 9.39. The number of aromatic nitrogens is 5. The highest BCUT2D eigenvalue weighted by Crippen LogP contribution is 2.42. The number of rotatable bonds is 4. The molecule has 0 saturated heterocycles. The molecule has 0 bridgehead atoms. The number of aliphatic hydroxyl groups is 1. The third-order valence-corrected chi connectivity index (χ3v) is 6.00. The van der Waals surface area contributed by atoms with Gasteiger partial charge in [0.25, 0.3) is 5.56 Å². The normalized spacial score (nSPS) is 17.4. The van der Waals surface area contributed by atoms with Crippen LogP contribution in [0.3, 0.4) is 0 Å². The van der Waals surface area contributed by atoms with Gasteiger partial charge in [0.15, 0.2) is 5.82 Å². The van der Waals surface area contributed by atoms with Crippen molar-refractivity contribution in [2.24, 2.45) is 13.0 Å². The molecule has 3 heterocycles. The molecule has 1 unspecified atom stereocenters. The fourth-order valence-electron chi connectivity index (χ4n) is 3.78. The largest absolute Gasteiger partial charge is 0.384 e. The number of hydrogen-bond donors (Lipinski definition) is 3. The van der Waals surface area contributed by atoms with E-state index in [0.29, 0.717) is 16.6 Å². The predicted molar refractivity (Wildman–Crippen MR) is 104 cm³/mol. The molecule has 144 valence electrons. The lowest BCUT2D eigenvalue weighted by Crippen LogP contribution is -2.35. The Morgan fingerprint density at radius 2 is 2.04 bits per heavy atom. The lowest BCUT2D eigenvalue weighted by atomic mass is 9.77. The number of nitrogens with one attached hydrogen (secondary N) is 1. The standard InChI is InChI=1S/C19H26N6O2/c1-10(2)11(3)25-9-12(16-15(18(25)26)17(20)22-21-16)13-8-14(24(4)23-13)19(27)6-5-7-19/h8-11,27H,5-7H2,1-4H3,(H3,20,21,22). The molecule has 1 saturated carbocycles. The Bertz CT molecular complexity index is 1070. The quantitative estimate of drug-likeness (QED) is 0.652. The second-order valence-corrected chi connectivity index (χ2v) is 8.02. The van der Waals surface area contributed by atoms with Gasteiger partial charge >= 0.3 is 0 Å². The minimum Gasteiger partial charge on any atom is -0.384 e. The molecule has 3 aromatic heterocycles. The zero-order valence-electron chi connectivity index (χ0n) is 16.2. The van der Waals surface area contributed by atoms with Gasteiger partial charge in [-0.15, -0.1) is 0 Å². The molecule has 0 aromatic carbocycles. The van der Waals surface area contributed by atoms with Crippen molar-refractivity contribution in [1.82, 2.24) is 24.5 Å². The molecule has 1 atom stereocenters. The molecule has 0 radical (unpaired) electrons. The summed E-state index contributed by atoms with van der Waals surface area (Å²) in [6.07, 6.45) is 4.31. The van der Waals surface area contributed by atoms with Crippen molar-refractivity contribution in [3.8, 4) is 11.3 Å². The number of nitrogens with zero attached hydrogens (tertiary/aromatic N) is 4. The van der Waals surface area contributed by atoms with Gasteiger partial charge in [-0.25, -0.2) is 0 Å². The molecule has 1 aliphatic carbocycles. The molecular formula is C19H26N6O2. The maximum absolute atomic E-state index is 13.0. The first-order valence-electron chi connectivity index (χ1n) is 9.39. The highest BCUT2D eigenvalue weighted by atomic mass is 16.3. The highest BCUT2D eigenvalue weighted by molar-refractivity contribution is 5.97. The number of H-pyrrole nitrogens is 1. The van der Waals surface area contributed by atoms with Crippen molar-refractivity contribution < 1.29 is 5.11 Å². The molecule has 0 amide bonds. The maximum Gasteiger partial charge on any atom is 0.264 e. The average Bonchev–Trinajstić information content (AvgIpc) is 3.16. The van der Waals surface area contributed by atoms with Crippen molar-refractivity contribution in [3.05, 3.63) is 28.3 Å². The molecular weight excluding hydrogens is 344 g/mol. The van der Waals surface area contributed by atoms with Gasteiger partial charge < -0.3 is 15.4 Å². The van der Waals surface area contributed by atoms with Crippen LogP contribution in [0.15, 0.2) is 17.1 Å². The van der Waals surface area contributed by atoms with Crippen molar-refractivity contribution in [3.63, 3.8) is 0 Å². The lowest BCUT2D eigenvalue weighted by molar-refractivity contribution is -0.0456. The Hall–Kier alpha value is -2.61. The Labute approximate surface area is 157 Å². The van der Waals surface area contributed by atoms with Crippen molar-refractivity contribution in [1.29, 1.82) is 0 Å². The molecule has 8 nitrogen and oxygen atoms in total. The van der Waals surface area contributed by atoms with Crippen LogP contribution in [0.4, 0.5) is 5.82 Å². The van der Waals surface area contributed by atoms with Crippen molar-refractivity contribution in [2.75, 3.05) is 5.73 Å². The SMILES string of the molecule is CC(C)C(C)n1cc(-c2cc(C3(O)CCC3)n(C)n2)c2[nH]nc(N)c2c1=O. The zero-order valence-corrected chi connectivity index (χ0v) is 16.2. The van der Waals surface area contributed by atoms with Crippen LogP contribution < -0.4 is 11.3 Å². The van der Waals surface area contributed by atoms with Crippen LogP contribution >= 0.6 is 0 Å². The molecule has 1 aliphatic rings. The molecule has 4 N–H and O–H groups in total. The number of hydrogen-bond acceptors (Lipinski definition) is 5. The number of nitrogens with two attached hydrogens (primary N) is 1. The third-order valence-electron chi connectivity index (χ3n) is 6.00. The second kappa shape index (κ2) is 5.95. The molecule has 0 aliphatic heterocycles. The van der Waals surface area contributed by atoms with E-state index in [-0.39, 0.29) is 23.3 Å². The Kier molecular flexibility index (Phi) is 3.92. The van der Waals surface area contributed by atoms with Crippen LogP contribution in [0.25, 0.3) is 22.2 Å². The topological polar surface area (TPSA) is 115 Å². The zero-order chi connectivity index (χ0) is 19.5. The summed E-state index contributed by atoms with van der Waals surface area (Å²) in [5.74, 6) is 0.464. The van der Waals surface area contributed by atoms with Gasteiger partial charge in [0.1, 0.15) is 11.0 Å². The number of anilines is 1. The summed E-state index contributed by atoms with van der Waals surface area (Å²) >= 11 is 0. The first kappa shape index (κ1) is 17.8. The van der Waals surface area contributed by atoms with Gasteiger partial charge in [-0.05, 0) is 38.2 Å². The van der Waals surface area contributed by atoms with Crippen LogP contribution in [-0.4, -0.2) is 29.7 Å². The van der Waals surface area contributed by atoms with E-state index in [1.165, 1.54) is 0 Å². The van der Waals surface area contributed by atoms with E-state index in [9.17, 15) is 9.90 Å². The third kappa shape index (κ3) is 2.58. The summed E-state index contributed by atoms with van der Waals surface area (Å²) in [7, 11) is 1.83. The van der Waals surface area contributed by atoms with E-state index >= 15 is 0 Å². The van der Waals surface area contributed by atoms with E-state index in [1.807, 2.05) is 26.2 Å². The van der Waals surface area contributed by atoms with Gasteiger partial charge in [-0.1, -0.05) is 13.8 Å². The molecule has 0 spiro atoms. The van der Waals surface area contributed by atoms with Crippen LogP contribution in [0.2, 0.25) is 0 Å². The summed E-state index contributed by atoms with van der Waals surface area (Å²) in [5.41, 5.74) is 7.82. The van der Waals surface area contributed by atoms with E-state index < -0.39 is 5.60 Å². The average molecular weight is 370 g/mol. The number of fused-ring (bicyclic) bond motifs is 1. The Balaban J connectivity index is 1.96. The van der Waals surface area contributed by atoms with E-state index in [0.717, 1.165) is 30.5 Å². The number of nitrogen functional groups attached to an aromatic ring is 1. The van der Waals surface area contributed by atoms with Gasteiger partial charge in [-0.2, -0.15) is 10.2 Å². The van der Waals surface area contributed by atoms with Crippen LogP contribution in [0, 0.1) is 5.92 Å². The second-order valence-electron chi connectivity index (χ2n) is 8.02. The van der Waals surface area contributed by atoms with Gasteiger partial charge in [0.2, 0.25) is 0 Å². The number of pyridine rings is 1. The number of aryl methyl sites for hydroxylation is 1. The lowest BCUT2D eigenvalue weighted by Gasteiger charge is -2.36. The Morgan fingerprint density at radius 1 is 1.33 bits per heavy atom. The Morgan fingerprint density at radius 3 is 2.63 bits per heavy atom. The fraction of sp³-hybridized carbons (Fsp3) is 0.526. The van der Waals surface area contributed by atoms with E-state index in [4.69, 9.17) is 5.73 Å². The maximum atomic E-state index is 13.0. The summed E-state index contributed by atoms with van der Waals surface area (Å²) in [6.45, 7) is 6.16. The minimum atomic E-state index is -0.814. The van der Waals surface area contributed by atoms with Crippen molar-refractivity contribution >= 4 is 16.7 Å². The monoisotopic (exact) mass is 370 g/mol. The smallest absolute Gasteiger partial charge is 0.264 e.